The lowest BCUT2D eigenvalue weighted by Crippen LogP contribution is -2.43. The largest absolute Gasteiger partial charge is 0.395 e. The molecule has 80 valence electrons. The van der Waals surface area contributed by atoms with Crippen LogP contribution in [-0.4, -0.2) is 23.8 Å². The summed E-state index contributed by atoms with van der Waals surface area (Å²) in [5.41, 5.74) is 0. The summed E-state index contributed by atoms with van der Waals surface area (Å²) in [4.78, 5) is 0. The average Bonchev–Trinajstić information content (AvgIpc) is 2.19. The Kier molecular flexibility index (Phi) is 7.29. The van der Waals surface area contributed by atoms with Crippen LogP contribution in [-0.2, 0) is 0 Å². The van der Waals surface area contributed by atoms with Gasteiger partial charge in [-0.15, -0.1) is 0 Å². The Labute approximate surface area is 82.7 Å². The maximum atomic E-state index is 9.20. The van der Waals surface area contributed by atoms with Crippen molar-refractivity contribution >= 4 is 0 Å². The Hall–Kier alpha value is -0.0800. The first-order chi connectivity index (χ1) is 6.19. The van der Waals surface area contributed by atoms with E-state index in [9.17, 15) is 5.11 Å². The third kappa shape index (κ3) is 4.63. The highest BCUT2D eigenvalue weighted by atomic mass is 16.3. The Morgan fingerprint density at radius 2 is 1.62 bits per heavy atom. The van der Waals surface area contributed by atoms with E-state index in [1.165, 1.54) is 0 Å². The predicted octanol–water partition coefficient (Wildman–Crippen LogP) is 2.17. The number of rotatable bonds is 7. The van der Waals surface area contributed by atoms with Crippen LogP contribution in [0.4, 0.5) is 0 Å². The normalized spacial score (nSPS) is 16.2. The highest BCUT2D eigenvalue weighted by molar-refractivity contribution is 4.75. The molecule has 0 aromatic rings. The standard InChI is InChI=1S/C11H25NO/c1-5-9(4)11(8-13)12-10(6-2)7-3/h9-13H,5-8H2,1-4H3. The summed E-state index contributed by atoms with van der Waals surface area (Å²) in [6, 6.07) is 0.834. The van der Waals surface area contributed by atoms with Crippen LogP contribution in [0.5, 0.6) is 0 Å². The molecular weight excluding hydrogens is 162 g/mol. The molecule has 0 aliphatic carbocycles. The van der Waals surface area contributed by atoms with Crippen molar-refractivity contribution in [3.8, 4) is 0 Å². The minimum atomic E-state index is 0.255. The van der Waals surface area contributed by atoms with E-state index >= 15 is 0 Å². The zero-order chi connectivity index (χ0) is 10.3. The van der Waals surface area contributed by atoms with Crippen LogP contribution in [0.2, 0.25) is 0 Å². The summed E-state index contributed by atoms with van der Waals surface area (Å²) < 4.78 is 0. The lowest BCUT2D eigenvalue weighted by atomic mass is 9.98. The minimum absolute atomic E-state index is 0.255. The number of hydrogen-bond donors (Lipinski definition) is 2. The van der Waals surface area contributed by atoms with Gasteiger partial charge in [0.15, 0.2) is 0 Å². The lowest BCUT2D eigenvalue weighted by Gasteiger charge is -2.27. The molecule has 0 fully saturated rings. The Morgan fingerprint density at radius 3 is 1.92 bits per heavy atom. The Bertz CT molecular complexity index is 113. The van der Waals surface area contributed by atoms with Crippen molar-refractivity contribution in [1.29, 1.82) is 0 Å². The number of aliphatic hydroxyl groups excluding tert-OH is 1. The zero-order valence-corrected chi connectivity index (χ0v) is 9.51. The van der Waals surface area contributed by atoms with E-state index in [2.05, 4.69) is 33.0 Å². The summed E-state index contributed by atoms with van der Waals surface area (Å²) in [6.07, 6.45) is 3.41. The van der Waals surface area contributed by atoms with Crippen LogP contribution >= 0.6 is 0 Å². The number of nitrogens with one attached hydrogen (secondary N) is 1. The van der Waals surface area contributed by atoms with Gasteiger partial charge >= 0.3 is 0 Å². The molecule has 2 heteroatoms. The fraction of sp³-hybridized carbons (Fsp3) is 1.00. The van der Waals surface area contributed by atoms with Crippen molar-refractivity contribution in [3.05, 3.63) is 0 Å². The lowest BCUT2D eigenvalue weighted by molar-refractivity contribution is 0.188. The van der Waals surface area contributed by atoms with Gasteiger partial charge < -0.3 is 10.4 Å². The van der Waals surface area contributed by atoms with E-state index in [4.69, 9.17) is 0 Å². The van der Waals surface area contributed by atoms with Crippen molar-refractivity contribution in [2.24, 2.45) is 5.92 Å². The van der Waals surface area contributed by atoms with Gasteiger partial charge in [0.1, 0.15) is 0 Å². The minimum Gasteiger partial charge on any atom is -0.395 e. The molecule has 2 N–H and O–H groups in total. The van der Waals surface area contributed by atoms with Gasteiger partial charge in [0.25, 0.3) is 0 Å². The Balaban J connectivity index is 3.94. The van der Waals surface area contributed by atoms with Gasteiger partial charge in [-0.1, -0.05) is 34.1 Å². The summed E-state index contributed by atoms with van der Waals surface area (Å²) in [7, 11) is 0. The highest BCUT2D eigenvalue weighted by Gasteiger charge is 2.16. The van der Waals surface area contributed by atoms with Gasteiger partial charge in [0.05, 0.1) is 6.61 Å². The molecule has 0 heterocycles. The molecule has 2 unspecified atom stereocenters. The number of aliphatic hydroxyl groups is 1. The molecule has 0 amide bonds. The third-order valence-corrected chi connectivity index (χ3v) is 2.96. The molecule has 13 heavy (non-hydrogen) atoms. The monoisotopic (exact) mass is 187 g/mol. The van der Waals surface area contributed by atoms with Crippen molar-refractivity contribution in [2.45, 2.75) is 59.0 Å². The van der Waals surface area contributed by atoms with Crippen molar-refractivity contribution in [1.82, 2.24) is 5.32 Å². The molecule has 2 nitrogen and oxygen atoms in total. The molecule has 0 rings (SSSR count). The molecule has 2 atom stereocenters. The van der Waals surface area contributed by atoms with Crippen LogP contribution in [0, 0.1) is 5.92 Å². The topological polar surface area (TPSA) is 32.3 Å². The predicted molar refractivity (Wildman–Crippen MR) is 57.8 cm³/mol. The molecule has 0 aromatic heterocycles. The van der Waals surface area contributed by atoms with Crippen LogP contribution < -0.4 is 5.32 Å². The second kappa shape index (κ2) is 7.34. The number of hydrogen-bond acceptors (Lipinski definition) is 2. The van der Waals surface area contributed by atoms with Crippen molar-refractivity contribution < 1.29 is 5.11 Å². The van der Waals surface area contributed by atoms with Crippen LogP contribution in [0.25, 0.3) is 0 Å². The third-order valence-electron chi connectivity index (χ3n) is 2.96. The van der Waals surface area contributed by atoms with Crippen molar-refractivity contribution in [2.75, 3.05) is 6.61 Å². The Morgan fingerprint density at radius 1 is 1.08 bits per heavy atom. The fourth-order valence-corrected chi connectivity index (χ4v) is 1.51. The van der Waals surface area contributed by atoms with E-state index in [0.29, 0.717) is 12.0 Å². The summed E-state index contributed by atoms with van der Waals surface area (Å²) in [5.74, 6) is 0.561. The van der Waals surface area contributed by atoms with Crippen LogP contribution in [0.1, 0.15) is 47.0 Å². The van der Waals surface area contributed by atoms with E-state index in [-0.39, 0.29) is 12.6 Å². The van der Waals surface area contributed by atoms with Gasteiger partial charge in [-0.05, 0) is 18.8 Å². The van der Waals surface area contributed by atoms with Gasteiger partial charge in [-0.3, -0.25) is 0 Å². The molecule has 0 saturated heterocycles. The average molecular weight is 187 g/mol. The molecule has 0 radical (unpaired) electrons. The van der Waals surface area contributed by atoms with Gasteiger partial charge in [-0.25, -0.2) is 0 Å². The molecule has 0 saturated carbocycles. The molecule has 0 aliphatic rings. The molecule has 0 aromatic carbocycles. The first kappa shape index (κ1) is 12.9. The quantitative estimate of drug-likeness (QED) is 0.640. The van der Waals surface area contributed by atoms with E-state index in [1.807, 2.05) is 0 Å². The first-order valence-corrected chi connectivity index (χ1v) is 5.56. The molecule has 0 bridgehead atoms. The molecule has 0 spiro atoms. The fourth-order valence-electron chi connectivity index (χ4n) is 1.51. The van der Waals surface area contributed by atoms with E-state index in [0.717, 1.165) is 19.3 Å². The highest BCUT2D eigenvalue weighted by Crippen LogP contribution is 2.09. The maximum Gasteiger partial charge on any atom is 0.0587 e. The second-order valence-corrected chi connectivity index (χ2v) is 3.85. The van der Waals surface area contributed by atoms with Crippen LogP contribution in [0.15, 0.2) is 0 Å². The maximum absolute atomic E-state index is 9.20. The molecule has 0 aliphatic heterocycles. The summed E-state index contributed by atoms with van der Waals surface area (Å²) in [5, 5.41) is 12.7. The van der Waals surface area contributed by atoms with Gasteiger partial charge in [0.2, 0.25) is 0 Å². The van der Waals surface area contributed by atoms with Gasteiger partial charge in [-0.2, -0.15) is 0 Å². The smallest absolute Gasteiger partial charge is 0.0587 e. The van der Waals surface area contributed by atoms with Crippen LogP contribution in [0.3, 0.4) is 0 Å². The molecular formula is C11H25NO. The van der Waals surface area contributed by atoms with E-state index in [1.54, 1.807) is 0 Å². The zero-order valence-electron chi connectivity index (χ0n) is 9.51. The second-order valence-electron chi connectivity index (χ2n) is 3.85. The van der Waals surface area contributed by atoms with E-state index < -0.39 is 0 Å². The van der Waals surface area contributed by atoms with Gasteiger partial charge in [0, 0.05) is 12.1 Å². The SMILES string of the molecule is CCC(CC)NC(CO)C(C)CC. The van der Waals surface area contributed by atoms with Crippen molar-refractivity contribution in [3.63, 3.8) is 0 Å². The summed E-state index contributed by atoms with van der Waals surface area (Å²) in [6.45, 7) is 8.99. The summed E-state index contributed by atoms with van der Waals surface area (Å²) >= 11 is 0. The first-order valence-electron chi connectivity index (χ1n) is 5.56.